The smallest absolute Gasteiger partial charge is 0.326 e. The Kier molecular flexibility index (Phi) is 5.46. The van der Waals surface area contributed by atoms with E-state index < -0.39 is 11.9 Å². The standard InChI is InChI=1S/C19H20N6O2/c1-12-10-17(21-9-8-16(20)26)24-18(22-12)25-19(27)23-15-7-6-13-4-2-3-5-14(13)11-15/h2-7,10-11H,8-9H2,1H3,(H2,20,26)(H3,21,22,23,24,25,27). The second kappa shape index (κ2) is 8.13. The largest absolute Gasteiger partial charge is 0.370 e. The van der Waals surface area contributed by atoms with E-state index in [9.17, 15) is 9.59 Å². The van der Waals surface area contributed by atoms with Gasteiger partial charge in [-0.2, -0.15) is 4.98 Å². The predicted octanol–water partition coefficient (Wildman–Crippen LogP) is 2.87. The molecule has 2 aromatic carbocycles. The van der Waals surface area contributed by atoms with Crippen LogP contribution in [0, 0.1) is 6.92 Å². The Bertz CT molecular complexity index is 989. The Morgan fingerprint density at radius 1 is 1.00 bits per heavy atom. The van der Waals surface area contributed by atoms with Crippen LogP contribution in [0.25, 0.3) is 10.8 Å². The third-order valence-corrected chi connectivity index (χ3v) is 3.76. The number of hydrogen-bond donors (Lipinski definition) is 4. The maximum atomic E-state index is 12.3. The van der Waals surface area contributed by atoms with Gasteiger partial charge in [-0.05, 0) is 29.8 Å². The van der Waals surface area contributed by atoms with Crippen molar-refractivity contribution < 1.29 is 9.59 Å². The number of rotatable bonds is 6. The van der Waals surface area contributed by atoms with Crippen molar-refractivity contribution in [1.29, 1.82) is 0 Å². The number of urea groups is 1. The number of nitrogens with two attached hydrogens (primary N) is 1. The van der Waals surface area contributed by atoms with Gasteiger partial charge in [0.25, 0.3) is 0 Å². The Hall–Kier alpha value is -3.68. The molecule has 0 radical (unpaired) electrons. The van der Waals surface area contributed by atoms with Crippen molar-refractivity contribution in [2.24, 2.45) is 5.73 Å². The zero-order valence-electron chi connectivity index (χ0n) is 14.8. The van der Waals surface area contributed by atoms with Crippen LogP contribution in [-0.2, 0) is 4.79 Å². The van der Waals surface area contributed by atoms with Gasteiger partial charge in [0.15, 0.2) is 0 Å². The van der Waals surface area contributed by atoms with Gasteiger partial charge in [-0.1, -0.05) is 30.3 Å². The lowest BCUT2D eigenvalue weighted by Crippen LogP contribution is -2.21. The van der Waals surface area contributed by atoms with Crippen LogP contribution >= 0.6 is 0 Å². The monoisotopic (exact) mass is 364 g/mol. The zero-order chi connectivity index (χ0) is 19.2. The first-order chi connectivity index (χ1) is 13.0. The van der Waals surface area contributed by atoms with E-state index in [1.54, 1.807) is 13.0 Å². The second-order valence-electron chi connectivity index (χ2n) is 6.00. The highest BCUT2D eigenvalue weighted by Crippen LogP contribution is 2.19. The number of benzene rings is 2. The Labute approximate surface area is 156 Å². The van der Waals surface area contributed by atoms with Gasteiger partial charge in [0.05, 0.1) is 0 Å². The fourth-order valence-corrected chi connectivity index (χ4v) is 2.56. The van der Waals surface area contributed by atoms with Crippen molar-refractivity contribution in [3.8, 4) is 0 Å². The number of aryl methyl sites for hydroxylation is 1. The molecule has 1 aromatic heterocycles. The molecule has 0 spiro atoms. The summed E-state index contributed by atoms with van der Waals surface area (Å²) in [6, 6.07) is 14.8. The van der Waals surface area contributed by atoms with E-state index in [1.165, 1.54) is 0 Å². The number of amides is 3. The van der Waals surface area contributed by atoms with Crippen LogP contribution in [0.2, 0.25) is 0 Å². The molecule has 8 nitrogen and oxygen atoms in total. The van der Waals surface area contributed by atoms with Crippen molar-refractivity contribution in [1.82, 2.24) is 9.97 Å². The molecule has 3 amide bonds. The molecule has 138 valence electrons. The number of carbonyl (C=O) groups is 2. The van der Waals surface area contributed by atoms with E-state index in [2.05, 4.69) is 25.9 Å². The summed E-state index contributed by atoms with van der Waals surface area (Å²) in [5, 5.41) is 10.5. The maximum absolute atomic E-state index is 12.3. The minimum absolute atomic E-state index is 0.162. The summed E-state index contributed by atoms with van der Waals surface area (Å²) in [6.45, 7) is 2.14. The first-order valence-corrected chi connectivity index (χ1v) is 8.44. The normalized spacial score (nSPS) is 10.4. The van der Waals surface area contributed by atoms with Crippen molar-refractivity contribution in [2.45, 2.75) is 13.3 Å². The minimum atomic E-state index is -0.445. The van der Waals surface area contributed by atoms with Crippen molar-refractivity contribution >= 4 is 40.2 Å². The lowest BCUT2D eigenvalue weighted by molar-refractivity contribution is -0.117. The maximum Gasteiger partial charge on any atom is 0.326 e. The van der Waals surface area contributed by atoms with Crippen molar-refractivity contribution in [3.63, 3.8) is 0 Å². The number of anilines is 3. The summed E-state index contributed by atoms with van der Waals surface area (Å²) < 4.78 is 0. The first kappa shape index (κ1) is 18.1. The van der Waals surface area contributed by atoms with Crippen LogP contribution in [0.5, 0.6) is 0 Å². The molecule has 3 rings (SSSR count). The average Bonchev–Trinajstić information content (AvgIpc) is 2.60. The number of primary amides is 1. The molecule has 0 aliphatic heterocycles. The van der Waals surface area contributed by atoms with E-state index in [4.69, 9.17) is 5.73 Å². The highest BCUT2D eigenvalue weighted by atomic mass is 16.2. The highest BCUT2D eigenvalue weighted by Gasteiger charge is 2.08. The Balaban J connectivity index is 1.65. The molecule has 1 heterocycles. The molecule has 0 saturated carbocycles. The van der Waals surface area contributed by atoms with Gasteiger partial charge < -0.3 is 16.4 Å². The van der Waals surface area contributed by atoms with Crippen molar-refractivity contribution in [2.75, 3.05) is 22.5 Å². The molecule has 8 heteroatoms. The third-order valence-electron chi connectivity index (χ3n) is 3.76. The van der Waals surface area contributed by atoms with Crippen LogP contribution in [0.3, 0.4) is 0 Å². The summed E-state index contributed by atoms with van der Waals surface area (Å²) in [5.41, 5.74) is 6.45. The summed E-state index contributed by atoms with van der Waals surface area (Å²) in [6.07, 6.45) is 0.189. The molecule has 27 heavy (non-hydrogen) atoms. The van der Waals surface area contributed by atoms with Gasteiger partial charge in [0.2, 0.25) is 11.9 Å². The Morgan fingerprint density at radius 3 is 2.56 bits per heavy atom. The second-order valence-corrected chi connectivity index (χ2v) is 6.00. The third kappa shape index (κ3) is 5.15. The van der Waals surface area contributed by atoms with Crippen LogP contribution in [0.4, 0.5) is 22.2 Å². The van der Waals surface area contributed by atoms with E-state index in [0.717, 1.165) is 10.8 Å². The van der Waals surface area contributed by atoms with Gasteiger partial charge in [0.1, 0.15) is 5.82 Å². The molecule has 0 aliphatic carbocycles. The first-order valence-electron chi connectivity index (χ1n) is 8.44. The predicted molar refractivity (Wildman–Crippen MR) is 106 cm³/mol. The zero-order valence-corrected chi connectivity index (χ0v) is 14.8. The van der Waals surface area contributed by atoms with E-state index in [-0.39, 0.29) is 12.4 Å². The van der Waals surface area contributed by atoms with E-state index in [1.807, 2.05) is 42.5 Å². The topological polar surface area (TPSA) is 122 Å². The molecule has 0 saturated heterocycles. The molecule has 0 unspecified atom stereocenters. The fraction of sp³-hybridized carbons (Fsp3) is 0.158. The van der Waals surface area contributed by atoms with E-state index >= 15 is 0 Å². The van der Waals surface area contributed by atoms with Crippen molar-refractivity contribution in [3.05, 3.63) is 54.2 Å². The SMILES string of the molecule is Cc1cc(NCCC(N)=O)nc(NC(=O)Nc2ccc3ccccc3c2)n1. The number of hydrogen-bond acceptors (Lipinski definition) is 5. The average molecular weight is 364 g/mol. The van der Waals surface area contributed by atoms with Crippen LogP contribution < -0.4 is 21.7 Å². The molecule has 5 N–H and O–H groups in total. The number of nitrogens with one attached hydrogen (secondary N) is 3. The lowest BCUT2D eigenvalue weighted by Gasteiger charge is -2.10. The molecule has 3 aromatic rings. The molecule has 0 aliphatic rings. The van der Waals surface area contributed by atoms with E-state index in [0.29, 0.717) is 23.7 Å². The summed E-state index contributed by atoms with van der Waals surface area (Å²) >= 11 is 0. The number of aromatic nitrogens is 2. The quantitative estimate of drug-likeness (QED) is 0.536. The lowest BCUT2D eigenvalue weighted by atomic mass is 10.1. The Morgan fingerprint density at radius 2 is 1.78 bits per heavy atom. The number of nitrogens with zero attached hydrogens (tertiary/aromatic N) is 2. The molecule has 0 bridgehead atoms. The molecular formula is C19H20N6O2. The molecular weight excluding hydrogens is 344 g/mol. The van der Waals surface area contributed by atoms with Crippen LogP contribution in [0.15, 0.2) is 48.5 Å². The van der Waals surface area contributed by atoms with Gasteiger partial charge in [-0.25, -0.2) is 9.78 Å². The van der Waals surface area contributed by atoms with Crippen LogP contribution in [-0.4, -0.2) is 28.5 Å². The highest BCUT2D eigenvalue weighted by molar-refractivity contribution is 6.00. The minimum Gasteiger partial charge on any atom is -0.370 e. The van der Waals surface area contributed by atoms with Crippen LogP contribution in [0.1, 0.15) is 12.1 Å². The fourth-order valence-electron chi connectivity index (χ4n) is 2.56. The summed E-state index contributed by atoms with van der Waals surface area (Å²) in [4.78, 5) is 31.5. The van der Waals surface area contributed by atoms with Gasteiger partial charge >= 0.3 is 6.03 Å². The van der Waals surface area contributed by atoms with Gasteiger partial charge in [-0.3, -0.25) is 10.1 Å². The van der Waals surface area contributed by atoms with Gasteiger partial charge in [0, 0.05) is 30.4 Å². The molecule has 0 atom stereocenters. The van der Waals surface area contributed by atoms with Gasteiger partial charge in [-0.15, -0.1) is 0 Å². The summed E-state index contributed by atoms with van der Waals surface area (Å²) in [7, 11) is 0. The number of carbonyl (C=O) groups excluding carboxylic acids is 2. The summed E-state index contributed by atoms with van der Waals surface area (Å²) in [5.74, 6) is 0.265. The number of fused-ring (bicyclic) bond motifs is 1. The molecule has 0 fully saturated rings.